The second-order valence-electron chi connectivity index (χ2n) is 6.50. The van der Waals surface area contributed by atoms with Crippen LogP contribution in [-0.2, 0) is 9.59 Å². The molecule has 1 amide bonds. The largest absolute Gasteiger partial charge is 0.349 e. The van der Waals surface area contributed by atoms with Gasteiger partial charge < -0.3 is 11.1 Å². The van der Waals surface area contributed by atoms with Crippen LogP contribution in [0.2, 0.25) is 0 Å². The lowest BCUT2D eigenvalue weighted by atomic mass is 9.61. The van der Waals surface area contributed by atoms with E-state index in [0.29, 0.717) is 25.3 Å². The van der Waals surface area contributed by atoms with Crippen molar-refractivity contribution < 1.29 is 9.59 Å². The summed E-state index contributed by atoms with van der Waals surface area (Å²) < 4.78 is 0. The summed E-state index contributed by atoms with van der Waals surface area (Å²) in [4.78, 5) is 24.3. The van der Waals surface area contributed by atoms with Gasteiger partial charge in [0.1, 0.15) is 6.04 Å². The van der Waals surface area contributed by atoms with Crippen LogP contribution in [0.4, 0.5) is 0 Å². The zero-order valence-electron chi connectivity index (χ0n) is 11.3. The first-order valence-corrected chi connectivity index (χ1v) is 7.08. The van der Waals surface area contributed by atoms with E-state index in [1.165, 1.54) is 0 Å². The van der Waals surface area contributed by atoms with Gasteiger partial charge in [-0.05, 0) is 39.0 Å². The van der Waals surface area contributed by atoms with E-state index < -0.39 is 5.54 Å². The number of rotatable bonds is 2. The lowest BCUT2D eigenvalue weighted by molar-refractivity contribution is -0.136. The second kappa shape index (κ2) is 4.26. The molecule has 1 heterocycles. The number of amides is 1. The Kier molecular flexibility index (Phi) is 2.92. The Labute approximate surface area is 112 Å². The topological polar surface area (TPSA) is 96.2 Å². The molecule has 3 aliphatic carbocycles. The lowest BCUT2D eigenvalue weighted by Crippen LogP contribution is -2.67. The molecule has 4 rings (SSSR count). The van der Waals surface area contributed by atoms with Crippen molar-refractivity contribution in [3.8, 4) is 0 Å². The number of carbonyl (C=O) groups excluding carboxylic acids is 2. The Morgan fingerprint density at radius 3 is 2.53 bits per heavy atom. The van der Waals surface area contributed by atoms with E-state index in [2.05, 4.69) is 16.2 Å². The van der Waals surface area contributed by atoms with E-state index in [-0.39, 0.29) is 23.3 Å². The summed E-state index contributed by atoms with van der Waals surface area (Å²) in [5.41, 5.74) is 11.2. The summed E-state index contributed by atoms with van der Waals surface area (Å²) in [5, 5.41) is 3.11. The third-order valence-corrected chi connectivity index (χ3v) is 4.95. The summed E-state index contributed by atoms with van der Waals surface area (Å²) in [5.74, 6) is 0.104. The molecule has 0 radical (unpaired) electrons. The molecule has 4 aliphatic rings. The highest BCUT2D eigenvalue weighted by Gasteiger charge is 2.53. The predicted octanol–water partition coefficient (Wildman–Crippen LogP) is -0.659. The summed E-state index contributed by atoms with van der Waals surface area (Å²) in [6.07, 6.45) is 4.19. The number of hydrazine groups is 1. The van der Waals surface area contributed by atoms with Crippen LogP contribution in [0.15, 0.2) is 0 Å². The second-order valence-corrected chi connectivity index (χ2v) is 6.50. The fourth-order valence-electron chi connectivity index (χ4n) is 3.52. The average molecular weight is 266 g/mol. The predicted molar refractivity (Wildman–Crippen MR) is 70.0 cm³/mol. The minimum atomic E-state index is -0.617. The van der Waals surface area contributed by atoms with Gasteiger partial charge >= 0.3 is 0 Å². The van der Waals surface area contributed by atoms with Crippen molar-refractivity contribution in [2.24, 2.45) is 5.73 Å². The van der Waals surface area contributed by atoms with Gasteiger partial charge in [-0.1, -0.05) is 0 Å². The molecular weight excluding hydrogens is 244 g/mol. The van der Waals surface area contributed by atoms with E-state index in [4.69, 9.17) is 5.73 Å². The number of nitrogens with one attached hydrogen (secondary N) is 3. The Balaban J connectivity index is 1.66. The molecule has 6 nitrogen and oxygen atoms in total. The van der Waals surface area contributed by atoms with Gasteiger partial charge in [-0.2, -0.15) is 0 Å². The highest BCUT2D eigenvalue weighted by molar-refractivity contribution is 5.92. The summed E-state index contributed by atoms with van der Waals surface area (Å²) in [7, 11) is 0. The first-order valence-electron chi connectivity index (χ1n) is 7.08. The summed E-state index contributed by atoms with van der Waals surface area (Å²) in [6, 6.07) is 0.0928. The molecule has 0 aromatic rings. The van der Waals surface area contributed by atoms with Crippen molar-refractivity contribution in [1.29, 1.82) is 0 Å². The van der Waals surface area contributed by atoms with Crippen molar-refractivity contribution in [3.05, 3.63) is 0 Å². The fourth-order valence-corrected chi connectivity index (χ4v) is 3.52. The van der Waals surface area contributed by atoms with Crippen molar-refractivity contribution in [1.82, 2.24) is 16.2 Å². The molecule has 3 saturated carbocycles. The molecule has 2 atom stereocenters. The highest BCUT2D eigenvalue weighted by Crippen LogP contribution is 2.43. The average Bonchev–Trinajstić information content (AvgIpc) is 2.79. The molecule has 6 heteroatoms. The number of nitrogens with two attached hydrogens (primary N) is 1. The third-order valence-electron chi connectivity index (χ3n) is 4.95. The maximum absolute atomic E-state index is 12.3. The zero-order valence-corrected chi connectivity index (χ0v) is 11.3. The first-order chi connectivity index (χ1) is 8.92. The number of ketones is 1. The van der Waals surface area contributed by atoms with Gasteiger partial charge in [0.2, 0.25) is 5.91 Å². The zero-order chi connectivity index (χ0) is 13.7. The summed E-state index contributed by atoms with van der Waals surface area (Å²) >= 11 is 0. The number of fused-ring (bicyclic) bond motifs is 3. The molecule has 5 N–H and O–H groups in total. The normalized spacial score (nSPS) is 45.5. The van der Waals surface area contributed by atoms with Crippen LogP contribution in [0.5, 0.6) is 0 Å². The van der Waals surface area contributed by atoms with Gasteiger partial charge in [0, 0.05) is 18.0 Å². The van der Waals surface area contributed by atoms with Crippen molar-refractivity contribution in [3.63, 3.8) is 0 Å². The smallest absolute Gasteiger partial charge is 0.238 e. The van der Waals surface area contributed by atoms with Crippen molar-refractivity contribution in [2.45, 2.75) is 68.6 Å². The molecule has 0 spiro atoms. The Hall–Kier alpha value is -0.980. The van der Waals surface area contributed by atoms with Gasteiger partial charge in [-0.15, -0.1) is 0 Å². The number of carbonyl (C=O) groups is 2. The van der Waals surface area contributed by atoms with Crippen LogP contribution in [0, 0.1) is 0 Å². The maximum Gasteiger partial charge on any atom is 0.238 e. The van der Waals surface area contributed by atoms with Crippen LogP contribution in [0.1, 0.15) is 45.4 Å². The highest BCUT2D eigenvalue weighted by atomic mass is 16.2. The van der Waals surface area contributed by atoms with E-state index in [0.717, 1.165) is 19.3 Å². The number of Topliss-reactive ketones (excluding diaryl/α,β-unsaturated/α-hetero) is 1. The molecule has 0 aromatic carbocycles. The quantitative estimate of drug-likeness (QED) is 0.532. The van der Waals surface area contributed by atoms with Crippen molar-refractivity contribution >= 4 is 11.7 Å². The van der Waals surface area contributed by atoms with Gasteiger partial charge in [0.05, 0.1) is 5.54 Å². The maximum atomic E-state index is 12.3. The standard InChI is InChI=1S/C13H22N4O2/c1-8-6-9(17-16-8)11(19)15-12-2-4-13(14,5-3-12)10(18)7-12/h8-9,16-17H,2-7,14H2,1H3,(H,15,19). The van der Waals surface area contributed by atoms with Crippen LogP contribution in [0.25, 0.3) is 0 Å². The monoisotopic (exact) mass is 266 g/mol. The van der Waals surface area contributed by atoms with Gasteiger partial charge in [-0.25, -0.2) is 5.43 Å². The molecule has 1 saturated heterocycles. The van der Waals surface area contributed by atoms with E-state index >= 15 is 0 Å². The molecule has 2 bridgehead atoms. The van der Waals surface area contributed by atoms with Crippen LogP contribution >= 0.6 is 0 Å². The van der Waals surface area contributed by atoms with E-state index in [1.54, 1.807) is 0 Å². The Morgan fingerprint density at radius 1 is 1.32 bits per heavy atom. The third kappa shape index (κ3) is 2.17. The Bertz CT molecular complexity index is 415. The van der Waals surface area contributed by atoms with Crippen LogP contribution < -0.4 is 21.9 Å². The van der Waals surface area contributed by atoms with Gasteiger partial charge in [0.25, 0.3) is 0 Å². The van der Waals surface area contributed by atoms with Crippen molar-refractivity contribution in [2.75, 3.05) is 0 Å². The van der Waals surface area contributed by atoms with Gasteiger partial charge in [0.15, 0.2) is 5.78 Å². The number of hydrogen-bond donors (Lipinski definition) is 4. The first kappa shape index (κ1) is 13.0. The molecule has 4 fully saturated rings. The molecule has 2 unspecified atom stereocenters. The Morgan fingerprint density at radius 2 is 2.00 bits per heavy atom. The minimum Gasteiger partial charge on any atom is -0.349 e. The number of hydrogen-bond acceptors (Lipinski definition) is 5. The van der Waals surface area contributed by atoms with E-state index in [1.807, 2.05) is 6.92 Å². The molecule has 0 aromatic heterocycles. The fraction of sp³-hybridized carbons (Fsp3) is 0.846. The molecule has 106 valence electrons. The minimum absolute atomic E-state index is 0.00364. The van der Waals surface area contributed by atoms with Gasteiger partial charge in [-0.3, -0.25) is 15.0 Å². The summed E-state index contributed by atoms with van der Waals surface area (Å²) in [6.45, 7) is 2.03. The molecular formula is C13H22N4O2. The lowest BCUT2D eigenvalue weighted by Gasteiger charge is -2.50. The molecule has 19 heavy (non-hydrogen) atoms. The van der Waals surface area contributed by atoms with Crippen LogP contribution in [-0.4, -0.2) is 34.9 Å². The van der Waals surface area contributed by atoms with Crippen LogP contribution in [0.3, 0.4) is 0 Å². The SMILES string of the molecule is CC1CC(C(=O)NC23CCC(N)(CC2)C(=O)C3)NN1. The molecule has 1 aliphatic heterocycles. The van der Waals surface area contributed by atoms with E-state index in [9.17, 15) is 9.59 Å².